The first kappa shape index (κ1) is 16.1. The number of hydrogen-bond acceptors (Lipinski definition) is 7. The van der Waals surface area contributed by atoms with Crippen LogP contribution in [-0.2, 0) is 0 Å². The van der Waals surface area contributed by atoms with Crippen molar-refractivity contribution >= 4 is 17.6 Å². The minimum Gasteiger partial charge on any atom is -0.862 e. The topological polar surface area (TPSA) is 88.9 Å². The molecule has 126 valence electrons. The van der Waals surface area contributed by atoms with Gasteiger partial charge in [0.1, 0.15) is 0 Å². The molecular weight excluding hydrogens is 310 g/mol. The van der Waals surface area contributed by atoms with Gasteiger partial charge in [-0.15, -0.1) is 0 Å². The van der Waals surface area contributed by atoms with Gasteiger partial charge in [0.2, 0.25) is 5.27 Å². The third kappa shape index (κ3) is 3.96. The Morgan fingerprint density at radius 1 is 1.29 bits per heavy atom. The van der Waals surface area contributed by atoms with Gasteiger partial charge in [-0.1, -0.05) is 30.3 Å². The summed E-state index contributed by atoms with van der Waals surface area (Å²) in [5, 5.41) is 16.8. The van der Waals surface area contributed by atoms with E-state index in [1.54, 1.807) is 11.0 Å². The number of aromatic nitrogens is 2. The Morgan fingerprint density at radius 2 is 2.00 bits per heavy atom. The van der Waals surface area contributed by atoms with Gasteiger partial charge in [0, 0.05) is 18.7 Å². The van der Waals surface area contributed by atoms with Crippen molar-refractivity contribution in [2.75, 3.05) is 37.7 Å². The minimum absolute atomic E-state index is 0.126. The Labute approximate surface area is 139 Å². The molecule has 0 atom stereocenters. The van der Waals surface area contributed by atoms with Crippen molar-refractivity contribution in [1.29, 1.82) is 0 Å². The number of ketones is 1. The van der Waals surface area contributed by atoms with E-state index in [2.05, 4.69) is 15.2 Å². The maximum Gasteiger partial charge on any atom is 0.323 e. The molecule has 0 unspecified atom stereocenters. The first-order valence-electron chi connectivity index (χ1n) is 7.78. The highest BCUT2D eigenvalue weighted by molar-refractivity contribution is 5.97. The number of piperazine rings is 1. The van der Waals surface area contributed by atoms with E-state index in [0.29, 0.717) is 19.6 Å². The fourth-order valence-electron chi connectivity index (χ4n) is 2.59. The molecule has 1 fully saturated rings. The van der Waals surface area contributed by atoms with E-state index < -0.39 is 0 Å². The number of benzene rings is 1. The van der Waals surface area contributed by atoms with Crippen molar-refractivity contribution in [3.63, 3.8) is 0 Å². The van der Waals surface area contributed by atoms with E-state index in [-0.39, 0.29) is 17.6 Å². The van der Waals surface area contributed by atoms with E-state index in [1.165, 1.54) is 6.92 Å². The molecule has 1 aliphatic rings. The van der Waals surface area contributed by atoms with Gasteiger partial charge in [-0.05, 0) is 12.8 Å². The number of aliphatic imine (C=N–C) groups is 1. The zero-order valence-electron chi connectivity index (χ0n) is 13.5. The lowest BCUT2D eigenvalue weighted by atomic mass is 10.1. The molecule has 1 aromatic heterocycles. The number of nitrogens with zero attached hydrogens (tertiary/aromatic N) is 5. The molecule has 0 saturated carbocycles. The predicted molar refractivity (Wildman–Crippen MR) is 84.6 cm³/mol. The van der Waals surface area contributed by atoms with E-state index in [9.17, 15) is 9.90 Å². The molecule has 3 rings (SSSR count). The van der Waals surface area contributed by atoms with Crippen LogP contribution in [0.1, 0.15) is 17.3 Å². The third-order valence-corrected chi connectivity index (χ3v) is 3.81. The summed E-state index contributed by atoms with van der Waals surface area (Å²) < 4.78 is 4.99. The van der Waals surface area contributed by atoms with E-state index >= 15 is 0 Å². The molecule has 0 amide bonds. The van der Waals surface area contributed by atoms with Gasteiger partial charge < -0.3 is 5.11 Å². The van der Waals surface area contributed by atoms with Crippen LogP contribution in [0.25, 0.3) is 0 Å². The second-order valence-corrected chi connectivity index (χ2v) is 5.61. The summed E-state index contributed by atoms with van der Waals surface area (Å²) in [7, 11) is 0. The van der Waals surface area contributed by atoms with Gasteiger partial charge in [0.15, 0.2) is 5.78 Å². The molecule has 24 heavy (non-hydrogen) atoms. The monoisotopic (exact) mass is 329 g/mol. The van der Waals surface area contributed by atoms with Crippen LogP contribution in [0.15, 0.2) is 46.0 Å². The standard InChI is InChI=1S/C16H19N5O3/c1-13(22)17-16-12-21(18-24-16)20-9-7-19(8-10-20)11-15(23)14-5-3-2-4-6-14/h2-6,12H,7-11H2,1H3. The fourth-order valence-corrected chi connectivity index (χ4v) is 2.59. The smallest absolute Gasteiger partial charge is 0.323 e. The molecule has 0 aliphatic carbocycles. The number of carbonyl (C=O) groups excluding carboxylic acids is 1. The van der Waals surface area contributed by atoms with Crippen LogP contribution in [0.5, 0.6) is 0 Å². The Balaban J connectivity index is 1.53. The molecule has 0 spiro atoms. The average molecular weight is 329 g/mol. The highest BCUT2D eigenvalue weighted by atomic mass is 16.5. The second kappa shape index (κ2) is 7.22. The zero-order valence-corrected chi connectivity index (χ0v) is 13.5. The highest BCUT2D eigenvalue weighted by Crippen LogP contribution is 2.07. The van der Waals surface area contributed by atoms with Crippen molar-refractivity contribution in [3.05, 3.63) is 42.1 Å². The lowest BCUT2D eigenvalue weighted by Crippen LogP contribution is -2.65. The highest BCUT2D eigenvalue weighted by Gasteiger charge is 2.26. The van der Waals surface area contributed by atoms with Crippen LogP contribution >= 0.6 is 0 Å². The van der Waals surface area contributed by atoms with Crippen LogP contribution in [0.2, 0.25) is 0 Å². The molecule has 2 heterocycles. The predicted octanol–water partition coefficient (Wildman–Crippen LogP) is -0.491. The van der Waals surface area contributed by atoms with Crippen LogP contribution in [0.3, 0.4) is 0 Å². The van der Waals surface area contributed by atoms with E-state index in [0.717, 1.165) is 18.7 Å². The molecule has 1 aliphatic heterocycles. The van der Waals surface area contributed by atoms with Crippen molar-refractivity contribution in [1.82, 2.24) is 10.2 Å². The van der Waals surface area contributed by atoms with Gasteiger partial charge in [0.05, 0.1) is 24.4 Å². The van der Waals surface area contributed by atoms with Crippen LogP contribution < -0.4 is 14.9 Å². The fraction of sp³-hybridized carbons (Fsp3) is 0.375. The third-order valence-electron chi connectivity index (χ3n) is 3.81. The summed E-state index contributed by atoms with van der Waals surface area (Å²) in [5.74, 6) is -0.0209. The zero-order chi connectivity index (χ0) is 16.9. The number of carbonyl (C=O) groups is 1. The maximum atomic E-state index is 12.2. The van der Waals surface area contributed by atoms with Crippen LogP contribution in [-0.4, -0.2) is 54.6 Å². The Hall–Kier alpha value is -2.74. The Kier molecular flexibility index (Phi) is 4.85. The van der Waals surface area contributed by atoms with Gasteiger partial charge in [-0.2, -0.15) is 5.01 Å². The lowest BCUT2D eigenvalue weighted by molar-refractivity contribution is -0.759. The van der Waals surface area contributed by atoms with Crippen LogP contribution in [0, 0.1) is 0 Å². The molecule has 8 nitrogen and oxygen atoms in total. The average Bonchev–Trinajstić information content (AvgIpc) is 3.04. The van der Waals surface area contributed by atoms with Gasteiger partial charge in [0.25, 0.3) is 6.20 Å². The van der Waals surface area contributed by atoms with Crippen molar-refractivity contribution in [3.8, 4) is 0 Å². The number of Topliss-reactive ketones (excluding diaryl/α,β-unsaturated/α-hetero) is 1. The molecule has 2 aromatic rings. The summed E-state index contributed by atoms with van der Waals surface area (Å²) >= 11 is 0. The molecule has 0 N–H and O–H groups in total. The van der Waals surface area contributed by atoms with E-state index in [1.807, 2.05) is 35.3 Å². The summed E-state index contributed by atoms with van der Waals surface area (Å²) in [4.78, 5) is 19.6. The normalized spacial score (nSPS) is 16.4. The van der Waals surface area contributed by atoms with Gasteiger partial charge in [-0.3, -0.25) is 14.2 Å². The molecule has 0 radical (unpaired) electrons. The largest absolute Gasteiger partial charge is 0.862 e. The van der Waals surface area contributed by atoms with Crippen molar-refractivity contribution < 1.29 is 19.2 Å². The lowest BCUT2D eigenvalue weighted by Gasteiger charge is -2.29. The Morgan fingerprint density at radius 3 is 2.67 bits per heavy atom. The maximum absolute atomic E-state index is 12.2. The summed E-state index contributed by atoms with van der Waals surface area (Å²) in [5.41, 5.74) is 0.737. The Bertz CT molecular complexity index is 716. The molecular formula is C16H19N5O3. The molecule has 0 bridgehead atoms. The quantitative estimate of drug-likeness (QED) is 0.318. The van der Waals surface area contributed by atoms with E-state index in [4.69, 9.17) is 4.52 Å². The molecule has 8 heteroatoms. The summed E-state index contributed by atoms with van der Waals surface area (Å²) in [6, 6.07) is 9.32. The molecule has 1 aromatic carbocycles. The first-order valence-corrected chi connectivity index (χ1v) is 7.78. The summed E-state index contributed by atoms with van der Waals surface area (Å²) in [6.45, 7) is 4.68. The molecule has 1 saturated heterocycles. The summed E-state index contributed by atoms with van der Waals surface area (Å²) in [6.07, 6.45) is 1.58. The second-order valence-electron chi connectivity index (χ2n) is 5.61. The van der Waals surface area contributed by atoms with Crippen molar-refractivity contribution in [2.24, 2.45) is 4.99 Å². The van der Waals surface area contributed by atoms with Crippen molar-refractivity contribution in [2.45, 2.75) is 6.92 Å². The van der Waals surface area contributed by atoms with Crippen LogP contribution in [0.4, 0.5) is 5.88 Å². The number of rotatable bonds is 5. The first-order chi connectivity index (χ1) is 11.6. The SMILES string of the molecule is CC([O-])=Nc1c[n+](N2CCN(CC(=O)c3ccccc3)CC2)no1. The number of hydrogen-bond donors (Lipinski definition) is 0. The van der Waals surface area contributed by atoms with Gasteiger partial charge >= 0.3 is 5.88 Å². The van der Waals surface area contributed by atoms with Gasteiger partial charge in [-0.25, -0.2) is 4.99 Å². The minimum atomic E-state index is -0.331.